The predicted molar refractivity (Wildman–Crippen MR) is 96.7 cm³/mol. The van der Waals surface area contributed by atoms with Crippen molar-refractivity contribution < 1.29 is 24.2 Å². The second kappa shape index (κ2) is 8.75. The SMILES string of the molecule is COc1cc(CN2CCN(C(=O)N(C)C)CC2)ccc1O[C@@H](C)C(=O)O. The van der Waals surface area contributed by atoms with Crippen molar-refractivity contribution in [2.75, 3.05) is 47.4 Å². The molecule has 0 aliphatic carbocycles. The Labute approximate surface area is 153 Å². The zero-order valence-electron chi connectivity index (χ0n) is 15.8. The molecule has 0 aromatic heterocycles. The molecule has 1 fully saturated rings. The Morgan fingerprint density at radius 1 is 1.19 bits per heavy atom. The van der Waals surface area contributed by atoms with Crippen LogP contribution >= 0.6 is 0 Å². The van der Waals surface area contributed by atoms with Crippen molar-refractivity contribution in [3.05, 3.63) is 23.8 Å². The number of hydrogen-bond acceptors (Lipinski definition) is 5. The second-order valence-electron chi connectivity index (χ2n) is 6.52. The van der Waals surface area contributed by atoms with Gasteiger partial charge in [0.05, 0.1) is 7.11 Å². The molecule has 1 N–H and O–H groups in total. The molecule has 1 aliphatic rings. The van der Waals surface area contributed by atoms with Gasteiger partial charge in [-0.3, -0.25) is 4.90 Å². The standard InChI is InChI=1S/C18H27N3O5/c1-13(17(22)23)26-15-6-5-14(11-16(15)25-4)12-20-7-9-21(10-8-20)18(24)19(2)3/h5-6,11,13H,7-10,12H2,1-4H3,(H,22,23)/t13-/m0/s1. The monoisotopic (exact) mass is 365 g/mol. The lowest BCUT2D eigenvalue weighted by atomic mass is 10.1. The molecule has 8 heteroatoms. The first-order valence-corrected chi connectivity index (χ1v) is 8.56. The maximum atomic E-state index is 12.0. The third-order valence-electron chi connectivity index (χ3n) is 4.31. The topological polar surface area (TPSA) is 82.5 Å². The molecule has 1 aliphatic heterocycles. The molecule has 0 bridgehead atoms. The highest BCUT2D eigenvalue weighted by Crippen LogP contribution is 2.29. The van der Waals surface area contributed by atoms with E-state index in [1.807, 2.05) is 17.0 Å². The van der Waals surface area contributed by atoms with E-state index in [-0.39, 0.29) is 6.03 Å². The number of urea groups is 1. The van der Waals surface area contributed by atoms with E-state index in [2.05, 4.69) is 4.90 Å². The van der Waals surface area contributed by atoms with Gasteiger partial charge in [0.1, 0.15) is 0 Å². The molecule has 1 aromatic rings. The number of benzene rings is 1. The van der Waals surface area contributed by atoms with Gasteiger partial charge in [0, 0.05) is 46.8 Å². The fraction of sp³-hybridized carbons (Fsp3) is 0.556. The molecular weight excluding hydrogens is 338 g/mol. The summed E-state index contributed by atoms with van der Waals surface area (Å²) in [5.41, 5.74) is 1.05. The van der Waals surface area contributed by atoms with E-state index in [0.717, 1.165) is 25.2 Å². The van der Waals surface area contributed by atoms with Crippen molar-refractivity contribution in [2.45, 2.75) is 19.6 Å². The molecule has 8 nitrogen and oxygen atoms in total. The van der Waals surface area contributed by atoms with Crippen LogP contribution in [0.1, 0.15) is 12.5 Å². The number of piperazine rings is 1. The normalized spacial score (nSPS) is 16.1. The molecule has 26 heavy (non-hydrogen) atoms. The third kappa shape index (κ3) is 5.01. The minimum absolute atomic E-state index is 0.0420. The molecule has 2 amide bonds. The summed E-state index contributed by atoms with van der Waals surface area (Å²) in [7, 11) is 5.05. The Bertz CT molecular complexity index is 642. The summed E-state index contributed by atoms with van der Waals surface area (Å²) >= 11 is 0. The smallest absolute Gasteiger partial charge is 0.344 e. The van der Waals surface area contributed by atoms with E-state index in [1.54, 1.807) is 25.1 Å². The summed E-state index contributed by atoms with van der Waals surface area (Å²) in [6, 6.07) is 5.55. The summed E-state index contributed by atoms with van der Waals surface area (Å²) < 4.78 is 10.8. The van der Waals surface area contributed by atoms with Crippen LogP contribution in [-0.4, -0.2) is 85.3 Å². The van der Waals surface area contributed by atoms with Crippen molar-refractivity contribution in [2.24, 2.45) is 0 Å². The number of carbonyl (C=O) groups is 2. The molecule has 0 spiro atoms. The maximum absolute atomic E-state index is 12.0. The Morgan fingerprint density at radius 2 is 1.85 bits per heavy atom. The highest BCUT2D eigenvalue weighted by atomic mass is 16.5. The van der Waals surface area contributed by atoms with Crippen molar-refractivity contribution >= 4 is 12.0 Å². The van der Waals surface area contributed by atoms with Crippen molar-refractivity contribution in [3.8, 4) is 11.5 Å². The van der Waals surface area contributed by atoms with Gasteiger partial charge in [-0.15, -0.1) is 0 Å². The van der Waals surface area contributed by atoms with Crippen LogP contribution in [-0.2, 0) is 11.3 Å². The van der Waals surface area contributed by atoms with Gasteiger partial charge in [-0.25, -0.2) is 9.59 Å². The Kier molecular flexibility index (Phi) is 6.68. The molecule has 1 atom stereocenters. The Morgan fingerprint density at radius 3 is 2.38 bits per heavy atom. The summed E-state index contributed by atoms with van der Waals surface area (Å²) in [6.07, 6.45) is -0.947. The minimum Gasteiger partial charge on any atom is -0.493 e. The van der Waals surface area contributed by atoms with E-state index in [0.29, 0.717) is 24.6 Å². The largest absolute Gasteiger partial charge is 0.493 e. The van der Waals surface area contributed by atoms with Crippen LogP contribution in [0, 0.1) is 0 Å². The quantitative estimate of drug-likeness (QED) is 0.819. The molecule has 1 saturated heterocycles. The number of methoxy groups -OCH3 is 1. The number of carboxylic acid groups (broad SMARTS) is 1. The molecule has 0 saturated carbocycles. The molecular formula is C18H27N3O5. The zero-order valence-corrected chi connectivity index (χ0v) is 15.8. The number of rotatable bonds is 6. The lowest BCUT2D eigenvalue weighted by Crippen LogP contribution is -2.51. The van der Waals surface area contributed by atoms with E-state index >= 15 is 0 Å². The van der Waals surface area contributed by atoms with Crippen LogP contribution < -0.4 is 9.47 Å². The molecule has 0 unspecified atom stereocenters. The first kappa shape index (κ1) is 19.8. The van der Waals surface area contributed by atoms with Gasteiger partial charge in [-0.1, -0.05) is 6.07 Å². The molecule has 1 heterocycles. The van der Waals surface area contributed by atoms with Gasteiger partial charge in [0.25, 0.3) is 0 Å². The van der Waals surface area contributed by atoms with Crippen molar-refractivity contribution in [1.82, 2.24) is 14.7 Å². The Balaban J connectivity index is 1.96. The summed E-state index contributed by atoms with van der Waals surface area (Å²) in [5, 5.41) is 8.97. The second-order valence-corrected chi connectivity index (χ2v) is 6.52. The van der Waals surface area contributed by atoms with Crippen LogP contribution in [0.25, 0.3) is 0 Å². The van der Waals surface area contributed by atoms with Gasteiger partial charge in [-0.05, 0) is 24.6 Å². The van der Waals surface area contributed by atoms with Crippen LogP contribution in [0.4, 0.5) is 4.79 Å². The lowest BCUT2D eigenvalue weighted by molar-refractivity contribution is -0.144. The van der Waals surface area contributed by atoms with Gasteiger partial charge >= 0.3 is 12.0 Å². The van der Waals surface area contributed by atoms with Gasteiger partial charge in [0.15, 0.2) is 17.6 Å². The molecule has 0 radical (unpaired) electrons. The highest BCUT2D eigenvalue weighted by molar-refractivity contribution is 5.74. The number of carbonyl (C=O) groups excluding carboxylic acids is 1. The molecule has 144 valence electrons. The number of carboxylic acids is 1. The summed E-state index contributed by atoms with van der Waals surface area (Å²) in [5.74, 6) is -0.106. The number of amides is 2. The minimum atomic E-state index is -1.03. The number of aliphatic carboxylic acids is 1. The average molecular weight is 365 g/mol. The fourth-order valence-electron chi connectivity index (χ4n) is 2.79. The first-order valence-electron chi connectivity index (χ1n) is 8.56. The van der Waals surface area contributed by atoms with Crippen LogP contribution in [0.3, 0.4) is 0 Å². The summed E-state index contributed by atoms with van der Waals surface area (Å²) in [6.45, 7) is 5.21. The van der Waals surface area contributed by atoms with Gasteiger partial charge in [0.2, 0.25) is 0 Å². The number of ether oxygens (including phenoxy) is 2. The van der Waals surface area contributed by atoms with Gasteiger partial charge in [-0.2, -0.15) is 0 Å². The first-order chi connectivity index (χ1) is 12.3. The van der Waals surface area contributed by atoms with Crippen LogP contribution in [0.15, 0.2) is 18.2 Å². The molecule has 1 aromatic carbocycles. The Hall–Kier alpha value is -2.48. The highest BCUT2D eigenvalue weighted by Gasteiger charge is 2.22. The van der Waals surface area contributed by atoms with Gasteiger partial charge < -0.3 is 24.4 Å². The van der Waals surface area contributed by atoms with Crippen molar-refractivity contribution in [3.63, 3.8) is 0 Å². The third-order valence-corrected chi connectivity index (χ3v) is 4.31. The van der Waals surface area contributed by atoms with Crippen LogP contribution in [0.5, 0.6) is 11.5 Å². The zero-order chi connectivity index (χ0) is 19.3. The maximum Gasteiger partial charge on any atom is 0.344 e. The van der Waals surface area contributed by atoms with Crippen molar-refractivity contribution in [1.29, 1.82) is 0 Å². The fourth-order valence-corrected chi connectivity index (χ4v) is 2.79. The van der Waals surface area contributed by atoms with Crippen LogP contribution in [0.2, 0.25) is 0 Å². The van der Waals surface area contributed by atoms with E-state index in [9.17, 15) is 9.59 Å². The molecule has 2 rings (SSSR count). The summed E-state index contributed by atoms with van der Waals surface area (Å²) in [4.78, 5) is 28.6. The lowest BCUT2D eigenvalue weighted by Gasteiger charge is -2.36. The number of hydrogen-bond donors (Lipinski definition) is 1. The number of nitrogens with zero attached hydrogens (tertiary/aromatic N) is 3. The van der Waals surface area contributed by atoms with E-state index in [1.165, 1.54) is 14.0 Å². The van der Waals surface area contributed by atoms with E-state index < -0.39 is 12.1 Å². The van der Waals surface area contributed by atoms with E-state index in [4.69, 9.17) is 14.6 Å². The predicted octanol–water partition coefficient (Wildman–Crippen LogP) is 1.35. The average Bonchev–Trinajstić information content (AvgIpc) is 2.62.